The van der Waals surface area contributed by atoms with E-state index in [1.807, 2.05) is 6.07 Å². The van der Waals surface area contributed by atoms with Crippen LogP contribution in [0.25, 0.3) is 5.57 Å². The Hall–Kier alpha value is -0.510. The van der Waals surface area contributed by atoms with Gasteiger partial charge in [-0.2, -0.15) is 0 Å². The highest BCUT2D eigenvalue weighted by molar-refractivity contribution is 14.1. The van der Waals surface area contributed by atoms with E-state index in [4.69, 9.17) is 0 Å². The van der Waals surface area contributed by atoms with E-state index in [0.29, 0.717) is 6.42 Å². The van der Waals surface area contributed by atoms with Crippen LogP contribution >= 0.6 is 22.6 Å². The fourth-order valence-electron chi connectivity index (χ4n) is 0.923. The predicted octanol–water partition coefficient (Wildman–Crippen LogP) is 3.23. The third-order valence-corrected chi connectivity index (χ3v) is 2.22. The first kappa shape index (κ1) is 9.58. The van der Waals surface area contributed by atoms with Crippen LogP contribution in [0.5, 0.6) is 5.75 Å². The zero-order valence-electron chi connectivity index (χ0n) is 6.68. The van der Waals surface area contributed by atoms with Crippen LogP contribution in [0, 0.1) is 10.5 Å². The van der Waals surface area contributed by atoms with Crippen LogP contribution in [0.2, 0.25) is 0 Å². The molecule has 0 atom stereocenters. The van der Waals surface area contributed by atoms with Crippen molar-refractivity contribution in [2.45, 2.75) is 6.42 Å². The molecular weight excluding hydrogens is 263 g/mol. The van der Waals surface area contributed by atoms with Gasteiger partial charge in [0.15, 0.2) is 0 Å². The van der Waals surface area contributed by atoms with Gasteiger partial charge in [0.2, 0.25) is 0 Å². The number of aromatic hydroxyl groups is 1. The zero-order valence-corrected chi connectivity index (χ0v) is 8.84. The number of phenolic OH excluding ortho intramolecular Hbond substituents is 1. The molecule has 0 aliphatic rings. The molecule has 0 aromatic heterocycles. The van der Waals surface area contributed by atoms with Gasteiger partial charge in [-0.25, -0.2) is 0 Å². The van der Waals surface area contributed by atoms with Crippen molar-refractivity contribution in [2.24, 2.45) is 0 Å². The lowest BCUT2D eigenvalue weighted by molar-refractivity contribution is 0.474. The van der Waals surface area contributed by atoms with E-state index >= 15 is 0 Å². The zero-order chi connectivity index (χ0) is 9.14. The van der Waals surface area contributed by atoms with E-state index in [1.54, 1.807) is 12.1 Å². The Bertz CT molecular complexity index is 284. The van der Waals surface area contributed by atoms with Crippen molar-refractivity contribution in [3.8, 4) is 5.75 Å². The number of phenols is 1. The molecule has 0 saturated carbocycles. The molecule has 0 unspecified atom stereocenters. The molecule has 0 aliphatic heterocycles. The second-order valence-electron chi connectivity index (χ2n) is 2.55. The summed E-state index contributed by atoms with van der Waals surface area (Å²) in [6, 6.07) is 5.39. The number of rotatable bonds is 2. The van der Waals surface area contributed by atoms with Gasteiger partial charge in [0, 0.05) is 3.57 Å². The number of hydrogen-bond donors (Lipinski definition) is 1. The molecule has 0 amide bonds. The first-order valence-corrected chi connectivity index (χ1v) is 4.68. The van der Waals surface area contributed by atoms with Crippen molar-refractivity contribution < 1.29 is 5.11 Å². The molecule has 0 aliphatic carbocycles. The van der Waals surface area contributed by atoms with Crippen LogP contribution in [-0.2, 0) is 0 Å². The summed E-state index contributed by atoms with van der Waals surface area (Å²) < 4.78 is 1.01. The van der Waals surface area contributed by atoms with Crippen molar-refractivity contribution in [1.29, 1.82) is 0 Å². The van der Waals surface area contributed by atoms with Gasteiger partial charge in [0.25, 0.3) is 0 Å². The molecule has 0 spiro atoms. The number of benzene rings is 1. The summed E-state index contributed by atoms with van der Waals surface area (Å²) in [5.41, 5.74) is 1.92. The molecule has 0 heterocycles. The largest absolute Gasteiger partial charge is 0.508 e. The summed E-state index contributed by atoms with van der Waals surface area (Å²) in [6.45, 7) is 7.59. The van der Waals surface area contributed by atoms with Crippen LogP contribution in [0.15, 0.2) is 24.8 Å². The number of allylic oxidation sites excluding steroid dienone is 1. The monoisotopic (exact) mass is 273 g/mol. The maximum atomic E-state index is 9.27. The molecule has 63 valence electrons. The Kier molecular flexibility index (Phi) is 3.14. The molecule has 0 bridgehead atoms. The lowest BCUT2D eigenvalue weighted by Gasteiger charge is -2.03. The molecule has 0 saturated heterocycles. The first-order chi connectivity index (χ1) is 5.63. The maximum Gasteiger partial charge on any atom is 0.117 e. The fourth-order valence-corrected chi connectivity index (χ4v) is 1.58. The third-order valence-electron chi connectivity index (χ3n) is 1.59. The first-order valence-electron chi connectivity index (χ1n) is 3.60. The van der Waals surface area contributed by atoms with E-state index in [9.17, 15) is 5.11 Å². The van der Waals surface area contributed by atoms with Crippen molar-refractivity contribution >= 4 is 28.2 Å². The van der Waals surface area contributed by atoms with Gasteiger partial charge in [-0.05, 0) is 65.3 Å². The number of hydrogen-bond acceptors (Lipinski definition) is 1. The Morgan fingerprint density at radius 3 is 2.58 bits per heavy atom. The third kappa shape index (κ3) is 2.24. The smallest absolute Gasteiger partial charge is 0.117 e. The highest BCUT2D eigenvalue weighted by Gasteiger charge is 1.99. The molecule has 1 N–H and O–H groups in total. The van der Waals surface area contributed by atoms with E-state index in [1.165, 1.54) is 0 Å². The minimum atomic E-state index is 0.284. The summed E-state index contributed by atoms with van der Waals surface area (Å²) >= 11 is 2.16. The summed E-state index contributed by atoms with van der Waals surface area (Å²) in [4.78, 5) is 0. The number of halogens is 1. The summed E-state index contributed by atoms with van der Waals surface area (Å²) in [7, 11) is 0. The van der Waals surface area contributed by atoms with Crippen LogP contribution in [-0.4, -0.2) is 5.11 Å². The van der Waals surface area contributed by atoms with Crippen LogP contribution in [0.3, 0.4) is 0 Å². The topological polar surface area (TPSA) is 20.2 Å². The van der Waals surface area contributed by atoms with Gasteiger partial charge in [0.1, 0.15) is 5.75 Å². The van der Waals surface area contributed by atoms with Gasteiger partial charge >= 0.3 is 0 Å². The van der Waals surface area contributed by atoms with Crippen molar-refractivity contribution in [3.63, 3.8) is 0 Å². The molecule has 12 heavy (non-hydrogen) atoms. The minimum absolute atomic E-state index is 0.284. The molecule has 1 aromatic rings. The highest BCUT2D eigenvalue weighted by atomic mass is 127. The standard InChI is InChI=1S/C10H10IO/c1-3-7(2)8-4-9(11)6-10(12)5-8/h4-6,12H,1-3H2. The van der Waals surface area contributed by atoms with E-state index < -0.39 is 0 Å². The molecule has 2 heteroatoms. The van der Waals surface area contributed by atoms with Gasteiger partial charge in [-0.15, -0.1) is 0 Å². The maximum absolute atomic E-state index is 9.27. The Morgan fingerprint density at radius 1 is 1.42 bits per heavy atom. The summed E-state index contributed by atoms with van der Waals surface area (Å²) in [5, 5.41) is 9.27. The summed E-state index contributed by atoms with van der Waals surface area (Å²) in [5.74, 6) is 0.284. The molecule has 1 aromatic carbocycles. The normalized spacial score (nSPS) is 9.83. The Morgan fingerprint density at radius 2 is 2.08 bits per heavy atom. The lowest BCUT2D eigenvalue weighted by Crippen LogP contribution is -1.82. The SMILES string of the molecule is [CH2]CC(=C)c1cc(O)cc(I)c1. The molecule has 1 rings (SSSR count). The van der Waals surface area contributed by atoms with Gasteiger partial charge < -0.3 is 5.11 Å². The van der Waals surface area contributed by atoms with Crippen LogP contribution < -0.4 is 0 Å². The predicted molar refractivity (Wildman–Crippen MR) is 59.8 cm³/mol. The fraction of sp³-hybridized carbons (Fsp3) is 0.100. The van der Waals surface area contributed by atoms with Crippen molar-refractivity contribution in [3.05, 3.63) is 40.8 Å². The second-order valence-corrected chi connectivity index (χ2v) is 3.80. The molecule has 1 nitrogen and oxygen atoms in total. The average Bonchev–Trinajstić information content (AvgIpc) is 2.01. The summed E-state index contributed by atoms with van der Waals surface area (Å²) in [6.07, 6.45) is 0.666. The van der Waals surface area contributed by atoms with E-state index in [0.717, 1.165) is 14.7 Å². The van der Waals surface area contributed by atoms with Gasteiger partial charge in [-0.1, -0.05) is 6.58 Å². The molecule has 1 radical (unpaired) electrons. The van der Waals surface area contributed by atoms with Crippen molar-refractivity contribution in [2.75, 3.05) is 0 Å². The molecular formula is C10H10IO. The van der Waals surface area contributed by atoms with Gasteiger partial charge in [-0.3, -0.25) is 0 Å². The second kappa shape index (κ2) is 3.94. The van der Waals surface area contributed by atoms with E-state index in [-0.39, 0.29) is 5.75 Å². The average molecular weight is 273 g/mol. The van der Waals surface area contributed by atoms with Crippen molar-refractivity contribution in [1.82, 2.24) is 0 Å². The van der Waals surface area contributed by atoms with Crippen LogP contribution in [0.1, 0.15) is 12.0 Å². The van der Waals surface area contributed by atoms with Gasteiger partial charge in [0.05, 0.1) is 0 Å². The highest BCUT2D eigenvalue weighted by Crippen LogP contribution is 2.23. The Balaban J connectivity index is 3.08. The lowest BCUT2D eigenvalue weighted by atomic mass is 10.1. The minimum Gasteiger partial charge on any atom is -0.508 e. The van der Waals surface area contributed by atoms with Crippen LogP contribution in [0.4, 0.5) is 0 Å². The molecule has 0 fully saturated rings. The Labute approximate surface area is 86.3 Å². The quantitative estimate of drug-likeness (QED) is 0.820. The van der Waals surface area contributed by atoms with E-state index in [2.05, 4.69) is 36.1 Å².